The first kappa shape index (κ1) is 24.5. The molecule has 0 saturated carbocycles. The van der Waals surface area contributed by atoms with Crippen LogP contribution in [0.1, 0.15) is 48.8 Å². The number of aromatic nitrogens is 2. The molecule has 1 saturated heterocycles. The van der Waals surface area contributed by atoms with Gasteiger partial charge in [-0.1, -0.05) is 32.0 Å². The van der Waals surface area contributed by atoms with E-state index in [1.807, 2.05) is 36.6 Å². The minimum absolute atomic E-state index is 0.00685. The van der Waals surface area contributed by atoms with Crippen molar-refractivity contribution >= 4 is 23.1 Å². The summed E-state index contributed by atoms with van der Waals surface area (Å²) in [7, 11) is 0. The number of carbonyl (C=O) groups excluding carboxylic acids is 2. The lowest BCUT2D eigenvalue weighted by Crippen LogP contribution is -2.33. The molecule has 35 heavy (non-hydrogen) atoms. The number of aliphatic hydroxyl groups excluding tert-OH is 1. The number of hydrogen-bond donors (Lipinski definition) is 2. The predicted octanol–water partition coefficient (Wildman–Crippen LogP) is 3.81. The molecule has 1 amide bonds. The van der Waals surface area contributed by atoms with Crippen molar-refractivity contribution in [3.8, 4) is 5.75 Å². The molecule has 0 bridgehead atoms. The minimum atomic E-state index is -0.816. The lowest BCUT2D eigenvalue weighted by Gasteiger charge is -2.26. The van der Waals surface area contributed by atoms with Gasteiger partial charge in [0.2, 0.25) is 0 Å². The molecule has 0 aliphatic carbocycles. The summed E-state index contributed by atoms with van der Waals surface area (Å²) in [4.78, 5) is 34.8. The highest BCUT2D eigenvalue weighted by molar-refractivity contribution is 6.46. The smallest absolute Gasteiger partial charge is 0.295 e. The molecule has 2 N–H and O–H groups in total. The summed E-state index contributed by atoms with van der Waals surface area (Å²) in [6.45, 7) is 10.8. The molecule has 8 nitrogen and oxygen atoms in total. The van der Waals surface area contributed by atoms with Gasteiger partial charge in [-0.25, -0.2) is 4.98 Å². The number of fused-ring (bicyclic) bond motifs is 1. The molecule has 1 aliphatic heterocycles. The van der Waals surface area contributed by atoms with Crippen LogP contribution in [0.2, 0.25) is 0 Å². The Morgan fingerprint density at radius 1 is 1.11 bits per heavy atom. The topological polar surface area (TPSA) is 98.4 Å². The van der Waals surface area contributed by atoms with E-state index < -0.39 is 17.7 Å². The van der Waals surface area contributed by atoms with E-state index in [1.165, 1.54) is 17.0 Å². The number of amides is 1. The van der Waals surface area contributed by atoms with Crippen LogP contribution in [0, 0.1) is 13.8 Å². The monoisotopic (exact) mass is 476 g/mol. The second-order valence-electron chi connectivity index (χ2n) is 8.90. The van der Waals surface area contributed by atoms with E-state index in [1.54, 1.807) is 12.1 Å². The van der Waals surface area contributed by atoms with Crippen LogP contribution in [-0.4, -0.2) is 67.3 Å². The molecular weight excluding hydrogens is 444 g/mol. The Balaban J connectivity index is 1.82. The lowest BCUT2D eigenvalue weighted by molar-refractivity contribution is -0.140. The maximum atomic E-state index is 13.3. The number of benzene rings is 1. The van der Waals surface area contributed by atoms with Crippen molar-refractivity contribution in [3.63, 3.8) is 0 Å². The molecule has 2 aromatic heterocycles. The van der Waals surface area contributed by atoms with Gasteiger partial charge in [0.25, 0.3) is 11.7 Å². The normalized spacial score (nSPS) is 17.7. The van der Waals surface area contributed by atoms with Crippen LogP contribution in [0.4, 0.5) is 0 Å². The van der Waals surface area contributed by atoms with Crippen molar-refractivity contribution in [3.05, 3.63) is 70.7 Å². The highest BCUT2D eigenvalue weighted by Gasteiger charge is 2.46. The molecule has 0 radical (unpaired) electrons. The number of aliphatic hydroxyl groups is 1. The Morgan fingerprint density at radius 3 is 2.51 bits per heavy atom. The number of pyridine rings is 1. The van der Waals surface area contributed by atoms with Gasteiger partial charge in [-0.3, -0.25) is 9.59 Å². The first-order valence-electron chi connectivity index (χ1n) is 12.0. The van der Waals surface area contributed by atoms with Crippen LogP contribution in [0.15, 0.2) is 48.2 Å². The van der Waals surface area contributed by atoms with E-state index >= 15 is 0 Å². The zero-order valence-electron chi connectivity index (χ0n) is 20.7. The molecule has 1 aliphatic rings. The van der Waals surface area contributed by atoms with Gasteiger partial charge in [-0.2, -0.15) is 0 Å². The number of likely N-dealkylation sites (tertiary alicyclic amines) is 1. The summed E-state index contributed by atoms with van der Waals surface area (Å²) in [5.74, 6) is -1.68. The van der Waals surface area contributed by atoms with Crippen LogP contribution in [0.5, 0.6) is 5.75 Å². The van der Waals surface area contributed by atoms with Crippen molar-refractivity contribution in [2.45, 2.75) is 40.2 Å². The first-order valence-corrected chi connectivity index (χ1v) is 12.0. The van der Waals surface area contributed by atoms with Crippen molar-refractivity contribution in [2.75, 3.05) is 26.2 Å². The fourth-order valence-corrected chi connectivity index (χ4v) is 4.83. The van der Waals surface area contributed by atoms with Crippen LogP contribution in [-0.2, 0) is 9.59 Å². The lowest BCUT2D eigenvalue weighted by atomic mass is 9.96. The van der Waals surface area contributed by atoms with Crippen LogP contribution in [0.25, 0.3) is 11.4 Å². The van der Waals surface area contributed by atoms with Gasteiger partial charge in [0, 0.05) is 12.7 Å². The zero-order valence-corrected chi connectivity index (χ0v) is 20.7. The standard InChI is InChI=1S/C27H32N4O4/c1-5-29(6-2)13-9-15-31-23(19-11-7-12-20(32)16-19)21(25(34)27(31)35)24(33)22-18(4)30-14-8-10-17(3)26(30)28-22/h7-8,10-12,14,16,23,32-33H,5-6,9,13,15H2,1-4H3. The Labute approximate surface area is 205 Å². The molecule has 0 spiro atoms. The van der Waals surface area contributed by atoms with Gasteiger partial charge in [0.05, 0.1) is 17.3 Å². The third kappa shape index (κ3) is 4.41. The molecule has 1 atom stereocenters. The largest absolute Gasteiger partial charge is 0.508 e. The number of imidazole rings is 1. The molecule has 1 aromatic carbocycles. The van der Waals surface area contributed by atoms with Crippen molar-refractivity contribution in [2.24, 2.45) is 0 Å². The second kappa shape index (κ2) is 9.92. The fraction of sp³-hybridized carbons (Fsp3) is 0.370. The van der Waals surface area contributed by atoms with E-state index in [9.17, 15) is 19.8 Å². The minimum Gasteiger partial charge on any atom is -0.508 e. The summed E-state index contributed by atoms with van der Waals surface area (Å²) in [6.07, 6.45) is 2.52. The number of phenolic OH excluding ortho intramolecular Hbond substituents is 1. The van der Waals surface area contributed by atoms with Crippen LogP contribution in [0.3, 0.4) is 0 Å². The summed E-state index contributed by atoms with van der Waals surface area (Å²) in [5.41, 5.74) is 3.10. The first-order chi connectivity index (χ1) is 16.8. The quantitative estimate of drug-likeness (QED) is 0.291. The molecular formula is C27H32N4O4. The third-order valence-electron chi connectivity index (χ3n) is 6.80. The summed E-state index contributed by atoms with van der Waals surface area (Å²) in [6, 6.07) is 9.48. The van der Waals surface area contributed by atoms with E-state index in [4.69, 9.17) is 0 Å². The molecule has 1 unspecified atom stereocenters. The van der Waals surface area contributed by atoms with E-state index in [0.29, 0.717) is 29.9 Å². The van der Waals surface area contributed by atoms with E-state index in [-0.39, 0.29) is 22.8 Å². The van der Waals surface area contributed by atoms with Gasteiger partial charge in [-0.15, -0.1) is 0 Å². The Bertz CT molecular complexity index is 1310. The van der Waals surface area contributed by atoms with Gasteiger partial charge < -0.3 is 24.4 Å². The highest BCUT2D eigenvalue weighted by atomic mass is 16.3. The van der Waals surface area contributed by atoms with Crippen molar-refractivity contribution < 1.29 is 19.8 Å². The molecule has 184 valence electrons. The van der Waals surface area contributed by atoms with Crippen molar-refractivity contribution in [1.82, 2.24) is 19.2 Å². The number of rotatable bonds is 8. The van der Waals surface area contributed by atoms with Gasteiger partial charge >= 0.3 is 0 Å². The molecule has 8 heteroatoms. The number of hydrogen-bond acceptors (Lipinski definition) is 6. The number of phenols is 1. The van der Waals surface area contributed by atoms with Gasteiger partial charge in [0.1, 0.15) is 17.1 Å². The fourth-order valence-electron chi connectivity index (χ4n) is 4.83. The number of aryl methyl sites for hydroxylation is 2. The average molecular weight is 477 g/mol. The summed E-state index contributed by atoms with van der Waals surface area (Å²) < 4.78 is 1.86. The Kier molecular flexibility index (Phi) is 6.93. The number of ketones is 1. The number of aromatic hydroxyl groups is 1. The maximum Gasteiger partial charge on any atom is 0.295 e. The molecule has 3 heterocycles. The van der Waals surface area contributed by atoms with E-state index in [2.05, 4.69) is 23.7 Å². The molecule has 4 rings (SSSR count). The SMILES string of the molecule is CCN(CC)CCCN1C(=O)C(=O)C(=C(O)c2nc3c(C)cccn3c2C)C1c1cccc(O)c1. The van der Waals surface area contributed by atoms with Gasteiger partial charge in [0.15, 0.2) is 5.76 Å². The predicted molar refractivity (Wildman–Crippen MR) is 134 cm³/mol. The summed E-state index contributed by atoms with van der Waals surface area (Å²) >= 11 is 0. The molecule has 3 aromatic rings. The van der Waals surface area contributed by atoms with E-state index in [0.717, 1.165) is 25.2 Å². The Morgan fingerprint density at radius 2 is 1.86 bits per heavy atom. The maximum absolute atomic E-state index is 13.3. The Hall–Kier alpha value is -3.65. The third-order valence-corrected chi connectivity index (χ3v) is 6.80. The highest BCUT2D eigenvalue weighted by Crippen LogP contribution is 2.40. The zero-order chi connectivity index (χ0) is 25.3. The van der Waals surface area contributed by atoms with Crippen LogP contribution >= 0.6 is 0 Å². The van der Waals surface area contributed by atoms with Crippen molar-refractivity contribution in [1.29, 1.82) is 0 Å². The summed E-state index contributed by atoms with van der Waals surface area (Å²) in [5, 5.41) is 21.5. The van der Waals surface area contributed by atoms with Crippen LogP contribution < -0.4 is 0 Å². The number of Topliss-reactive ketones (excluding diaryl/α,β-unsaturated/α-hetero) is 1. The number of carbonyl (C=O) groups is 2. The second-order valence-corrected chi connectivity index (χ2v) is 8.90. The molecule has 1 fully saturated rings. The number of nitrogens with zero attached hydrogens (tertiary/aromatic N) is 4. The van der Waals surface area contributed by atoms with Gasteiger partial charge in [-0.05, 0) is 69.2 Å². The average Bonchev–Trinajstić information content (AvgIpc) is 3.31.